The Morgan fingerprint density at radius 3 is 1.72 bits per heavy atom. The summed E-state index contributed by atoms with van der Waals surface area (Å²) in [5, 5.41) is 0. The van der Waals surface area contributed by atoms with E-state index in [9.17, 15) is 4.57 Å². The molecule has 3 nitrogen and oxygen atoms in total. The van der Waals surface area contributed by atoms with Gasteiger partial charge in [0.25, 0.3) is 0 Å². The molecule has 0 aliphatic heterocycles. The molecule has 1 aromatic rings. The second-order valence-electron chi connectivity index (χ2n) is 9.01. The van der Waals surface area contributed by atoms with Crippen LogP contribution in [0.15, 0.2) is 36.6 Å². The third-order valence-electron chi connectivity index (χ3n) is 5.91. The van der Waals surface area contributed by atoms with Gasteiger partial charge >= 0.3 is 8.03 Å². The number of hydrogen-bond donors (Lipinski definition) is 0. The number of rotatable bonds is 22. The molecule has 0 bridgehead atoms. The largest absolute Gasteiger partial charge is 0.504 e. The second kappa shape index (κ2) is 20.4. The molecular weight excluding hydrogens is 415 g/mol. The Morgan fingerprint density at radius 2 is 1.25 bits per heavy atom. The molecule has 4 heteroatoms. The number of benzene rings is 1. The van der Waals surface area contributed by atoms with Gasteiger partial charge in [0.05, 0.1) is 5.76 Å². The molecule has 0 amide bonds. The highest BCUT2D eigenvalue weighted by Crippen LogP contribution is 2.20. The zero-order valence-electron chi connectivity index (χ0n) is 20.9. The van der Waals surface area contributed by atoms with Gasteiger partial charge < -0.3 is 4.74 Å². The Hall–Kier alpha value is -1.18. The van der Waals surface area contributed by atoms with Crippen molar-refractivity contribution in [3.8, 4) is 5.75 Å². The van der Waals surface area contributed by atoms with E-state index in [1.54, 1.807) is 6.66 Å². The van der Waals surface area contributed by atoms with Gasteiger partial charge in [0.1, 0.15) is 12.4 Å². The van der Waals surface area contributed by atoms with Crippen LogP contribution in [0.1, 0.15) is 115 Å². The van der Waals surface area contributed by atoms with Crippen LogP contribution in [-0.2, 0) is 15.5 Å². The Morgan fingerprint density at radius 1 is 0.781 bits per heavy atom. The van der Waals surface area contributed by atoms with E-state index in [4.69, 9.17) is 9.26 Å². The van der Waals surface area contributed by atoms with Crippen LogP contribution in [0.3, 0.4) is 0 Å². The molecular formula is C28H48O3P+. The van der Waals surface area contributed by atoms with Gasteiger partial charge in [0, 0.05) is 12.8 Å². The number of unbranched alkanes of at least 4 members (excludes halogenated alkanes) is 14. The molecule has 1 unspecified atom stereocenters. The molecule has 0 saturated heterocycles. The minimum absolute atomic E-state index is 0.484. The first-order valence-corrected chi connectivity index (χ1v) is 14.7. The van der Waals surface area contributed by atoms with Crippen LogP contribution in [0.4, 0.5) is 0 Å². The van der Waals surface area contributed by atoms with Crippen molar-refractivity contribution in [2.75, 3.05) is 13.3 Å². The van der Waals surface area contributed by atoms with Crippen molar-refractivity contribution in [3.05, 3.63) is 42.2 Å². The molecule has 0 saturated carbocycles. The summed E-state index contributed by atoms with van der Waals surface area (Å²) in [6.07, 6.45) is 22.4. The molecule has 0 N–H and O–H groups in total. The van der Waals surface area contributed by atoms with Crippen LogP contribution >= 0.6 is 8.03 Å². The molecule has 0 aliphatic rings. The predicted molar refractivity (Wildman–Crippen MR) is 139 cm³/mol. The van der Waals surface area contributed by atoms with Gasteiger partial charge in [-0.2, -0.15) is 0 Å². The average Bonchev–Trinajstić information content (AvgIpc) is 2.77. The molecule has 0 radical (unpaired) electrons. The normalized spacial score (nSPS) is 11.5. The topological polar surface area (TPSA) is 35.5 Å². The summed E-state index contributed by atoms with van der Waals surface area (Å²) in [7, 11) is -1.52. The van der Waals surface area contributed by atoms with Crippen molar-refractivity contribution >= 4 is 8.03 Å². The lowest BCUT2D eigenvalue weighted by molar-refractivity contribution is 0.336. The van der Waals surface area contributed by atoms with E-state index < -0.39 is 8.03 Å². The lowest BCUT2D eigenvalue weighted by Crippen LogP contribution is -1.96. The SMILES string of the molecule is C=C(CCCCCCCCCCCCCCCCC)Oc1ccc(CCO[P+](C)=O)cc1. The average molecular weight is 464 g/mol. The van der Waals surface area contributed by atoms with Crippen molar-refractivity contribution in [3.63, 3.8) is 0 Å². The van der Waals surface area contributed by atoms with E-state index in [-0.39, 0.29) is 0 Å². The Balaban J connectivity index is 1.91. The third-order valence-corrected chi connectivity index (χ3v) is 6.45. The van der Waals surface area contributed by atoms with Gasteiger partial charge in [-0.1, -0.05) is 116 Å². The molecule has 0 heterocycles. The maximum absolute atomic E-state index is 11.0. The van der Waals surface area contributed by atoms with Crippen LogP contribution in [0.25, 0.3) is 0 Å². The molecule has 1 aromatic carbocycles. The van der Waals surface area contributed by atoms with Gasteiger partial charge in [-0.3, -0.25) is 0 Å². The van der Waals surface area contributed by atoms with E-state index >= 15 is 0 Å². The summed E-state index contributed by atoms with van der Waals surface area (Å²) < 4.78 is 21.9. The first-order chi connectivity index (χ1) is 15.6. The van der Waals surface area contributed by atoms with Crippen LogP contribution < -0.4 is 4.74 Å². The van der Waals surface area contributed by atoms with Crippen molar-refractivity contribution < 1.29 is 13.8 Å². The summed E-state index contributed by atoms with van der Waals surface area (Å²) in [6, 6.07) is 8.00. The number of hydrogen-bond acceptors (Lipinski definition) is 3. The maximum Gasteiger partial charge on any atom is 0.504 e. The lowest BCUT2D eigenvalue weighted by atomic mass is 10.0. The molecule has 0 fully saturated rings. The van der Waals surface area contributed by atoms with E-state index in [2.05, 4.69) is 13.5 Å². The van der Waals surface area contributed by atoms with E-state index in [1.807, 2.05) is 24.3 Å². The molecule has 1 atom stereocenters. The fourth-order valence-corrected chi connectivity index (χ4v) is 4.28. The smallest absolute Gasteiger partial charge is 0.462 e. The minimum Gasteiger partial charge on any atom is -0.462 e. The predicted octanol–water partition coefficient (Wildman–Crippen LogP) is 9.77. The van der Waals surface area contributed by atoms with E-state index in [1.165, 1.54) is 89.9 Å². The first-order valence-electron chi connectivity index (χ1n) is 13.1. The zero-order chi connectivity index (χ0) is 23.3. The summed E-state index contributed by atoms with van der Waals surface area (Å²) in [5.41, 5.74) is 1.15. The third kappa shape index (κ3) is 17.4. The Kier molecular flexibility index (Phi) is 18.4. The van der Waals surface area contributed by atoms with Crippen LogP contribution in [0, 0.1) is 0 Å². The van der Waals surface area contributed by atoms with Crippen molar-refractivity contribution in [1.29, 1.82) is 0 Å². The van der Waals surface area contributed by atoms with Crippen molar-refractivity contribution in [1.82, 2.24) is 0 Å². The van der Waals surface area contributed by atoms with Gasteiger partial charge in [-0.25, -0.2) is 0 Å². The van der Waals surface area contributed by atoms with Gasteiger partial charge in [-0.05, 0) is 28.7 Å². The summed E-state index contributed by atoms with van der Waals surface area (Å²) in [6.45, 7) is 8.42. The molecule has 182 valence electrons. The Labute approximate surface area is 199 Å². The number of ether oxygens (including phenoxy) is 1. The fraction of sp³-hybridized carbons (Fsp3) is 0.714. The summed E-state index contributed by atoms with van der Waals surface area (Å²) in [4.78, 5) is 0. The first kappa shape index (κ1) is 28.9. The van der Waals surface area contributed by atoms with Crippen LogP contribution in [0.5, 0.6) is 5.75 Å². The molecule has 32 heavy (non-hydrogen) atoms. The molecule has 1 rings (SSSR count). The van der Waals surface area contributed by atoms with E-state index in [0.717, 1.165) is 36.3 Å². The number of allylic oxidation sites excluding steroid dienone is 1. The highest BCUT2D eigenvalue weighted by Gasteiger charge is 2.06. The lowest BCUT2D eigenvalue weighted by Gasteiger charge is -2.09. The monoisotopic (exact) mass is 463 g/mol. The fourth-order valence-electron chi connectivity index (χ4n) is 3.93. The zero-order valence-corrected chi connectivity index (χ0v) is 21.8. The second-order valence-corrected chi connectivity index (χ2v) is 10.1. The standard InChI is InChI=1S/C28H48O3P/c1-4-5-6-7-8-9-10-11-12-13-14-15-16-17-18-19-26(2)31-28-22-20-27(21-23-28)24-25-30-32(3)29/h20-23H,2,4-19,24-25H2,1,3H3/q+1. The Bertz CT molecular complexity index is 597. The van der Waals surface area contributed by atoms with Crippen molar-refractivity contribution in [2.24, 2.45) is 0 Å². The van der Waals surface area contributed by atoms with Gasteiger partial charge in [-0.15, -0.1) is 4.52 Å². The van der Waals surface area contributed by atoms with Crippen LogP contribution in [-0.4, -0.2) is 13.3 Å². The summed E-state index contributed by atoms with van der Waals surface area (Å²) >= 11 is 0. The van der Waals surface area contributed by atoms with E-state index in [0.29, 0.717) is 6.61 Å². The molecule has 0 aliphatic carbocycles. The van der Waals surface area contributed by atoms with Crippen molar-refractivity contribution in [2.45, 2.75) is 116 Å². The highest BCUT2D eigenvalue weighted by molar-refractivity contribution is 7.38. The molecule has 0 aromatic heterocycles. The summed E-state index contributed by atoms with van der Waals surface area (Å²) in [5.74, 6) is 1.68. The molecule has 0 spiro atoms. The maximum atomic E-state index is 11.0. The van der Waals surface area contributed by atoms with Crippen LogP contribution in [0.2, 0.25) is 0 Å². The minimum atomic E-state index is -1.52. The highest BCUT2D eigenvalue weighted by atomic mass is 31.1. The van der Waals surface area contributed by atoms with Gasteiger partial charge in [0.2, 0.25) is 0 Å². The quantitative estimate of drug-likeness (QED) is 0.0975. The van der Waals surface area contributed by atoms with Gasteiger partial charge in [0.15, 0.2) is 6.66 Å².